The lowest BCUT2D eigenvalue weighted by molar-refractivity contribution is 0.0721. The highest BCUT2D eigenvalue weighted by molar-refractivity contribution is 5.90. The third-order valence-electron chi connectivity index (χ3n) is 2.13. The maximum Gasteiger partial charge on any atom is 0.344 e. The van der Waals surface area contributed by atoms with Crippen molar-refractivity contribution in [2.75, 3.05) is 7.11 Å². The van der Waals surface area contributed by atoms with E-state index in [-0.39, 0.29) is 5.88 Å². The summed E-state index contributed by atoms with van der Waals surface area (Å²) >= 11 is 0. The molecule has 1 heterocycles. The third kappa shape index (κ3) is 2.63. The molecule has 0 aliphatic carbocycles. The molecule has 0 unspecified atom stereocenters. The summed E-state index contributed by atoms with van der Waals surface area (Å²) in [6.45, 7) is 1.72. The minimum atomic E-state index is -0.485. The summed E-state index contributed by atoms with van der Waals surface area (Å²) in [6, 6.07) is 8.15. The van der Waals surface area contributed by atoms with E-state index in [1.807, 2.05) is 0 Å². The van der Waals surface area contributed by atoms with Crippen molar-refractivity contribution in [2.24, 2.45) is 0 Å². The molecule has 0 atom stereocenters. The first-order valence-corrected chi connectivity index (χ1v) is 4.98. The number of carbonyl (C=O) groups is 1. The molecular weight excluding hydrogens is 222 g/mol. The zero-order valence-electron chi connectivity index (χ0n) is 9.47. The van der Waals surface area contributed by atoms with Crippen LogP contribution in [-0.4, -0.2) is 18.2 Å². The number of hydrogen-bond acceptors (Lipinski definition) is 5. The molecule has 2 rings (SSSR count). The average Bonchev–Trinajstić information content (AvgIpc) is 2.75. The number of esters is 1. The van der Waals surface area contributed by atoms with E-state index in [4.69, 9.17) is 14.0 Å². The van der Waals surface area contributed by atoms with Crippen molar-refractivity contribution < 1.29 is 18.8 Å². The summed E-state index contributed by atoms with van der Waals surface area (Å²) in [7, 11) is 1.56. The molecular formula is C12H11NO4. The third-order valence-corrected chi connectivity index (χ3v) is 2.13. The van der Waals surface area contributed by atoms with E-state index >= 15 is 0 Å². The number of hydrogen-bond donors (Lipinski definition) is 0. The van der Waals surface area contributed by atoms with Gasteiger partial charge < -0.3 is 14.0 Å². The van der Waals surface area contributed by atoms with Crippen molar-refractivity contribution in [3.8, 4) is 11.6 Å². The summed E-state index contributed by atoms with van der Waals surface area (Å²) in [5.41, 5.74) is 0.423. The van der Waals surface area contributed by atoms with Crippen molar-refractivity contribution in [3.63, 3.8) is 0 Å². The van der Waals surface area contributed by atoms with Crippen LogP contribution in [0.1, 0.15) is 16.1 Å². The lowest BCUT2D eigenvalue weighted by Gasteiger charge is -2.02. The molecule has 17 heavy (non-hydrogen) atoms. The van der Waals surface area contributed by atoms with Crippen LogP contribution in [0.5, 0.6) is 11.6 Å². The second kappa shape index (κ2) is 4.69. The van der Waals surface area contributed by atoms with Crippen LogP contribution in [0.2, 0.25) is 0 Å². The molecule has 0 amide bonds. The molecule has 1 aromatic carbocycles. The zero-order chi connectivity index (χ0) is 12.3. The molecule has 0 bridgehead atoms. The lowest BCUT2D eigenvalue weighted by Crippen LogP contribution is -2.08. The quantitative estimate of drug-likeness (QED) is 0.760. The topological polar surface area (TPSA) is 61.6 Å². The highest BCUT2D eigenvalue weighted by Crippen LogP contribution is 2.15. The summed E-state index contributed by atoms with van der Waals surface area (Å²) in [6.07, 6.45) is 0. The Balaban J connectivity index is 2.09. The molecule has 0 radical (unpaired) electrons. The lowest BCUT2D eigenvalue weighted by atomic mass is 10.2. The first-order chi connectivity index (χ1) is 8.19. The first kappa shape index (κ1) is 11.2. The molecule has 5 nitrogen and oxygen atoms in total. The van der Waals surface area contributed by atoms with Gasteiger partial charge in [-0.15, -0.1) is 0 Å². The Bertz CT molecular complexity index is 516. The van der Waals surface area contributed by atoms with Gasteiger partial charge in [-0.1, -0.05) is 0 Å². The second-order valence-corrected chi connectivity index (χ2v) is 3.39. The van der Waals surface area contributed by atoms with Gasteiger partial charge in [0.2, 0.25) is 0 Å². The minimum absolute atomic E-state index is 0.156. The van der Waals surface area contributed by atoms with Gasteiger partial charge in [0.1, 0.15) is 11.5 Å². The van der Waals surface area contributed by atoms with Crippen LogP contribution >= 0.6 is 0 Å². The number of aryl methyl sites for hydroxylation is 1. The number of aromatic nitrogens is 1. The zero-order valence-corrected chi connectivity index (χ0v) is 9.47. The van der Waals surface area contributed by atoms with Crippen LogP contribution in [0.4, 0.5) is 0 Å². The van der Waals surface area contributed by atoms with Crippen LogP contribution in [-0.2, 0) is 0 Å². The van der Waals surface area contributed by atoms with Crippen LogP contribution in [0.3, 0.4) is 0 Å². The SMILES string of the molecule is COc1ccc(C(=O)Oc2cc(C)on2)cc1. The fourth-order valence-corrected chi connectivity index (χ4v) is 1.27. The van der Waals surface area contributed by atoms with Gasteiger partial charge in [0.05, 0.1) is 12.7 Å². The predicted molar refractivity (Wildman–Crippen MR) is 59.2 cm³/mol. The summed E-state index contributed by atoms with van der Waals surface area (Å²) in [4.78, 5) is 11.7. The van der Waals surface area contributed by atoms with Gasteiger partial charge in [-0.05, 0) is 36.3 Å². The maximum atomic E-state index is 11.7. The Morgan fingerprint density at radius 1 is 1.29 bits per heavy atom. The van der Waals surface area contributed by atoms with Gasteiger partial charge in [-0.2, -0.15) is 0 Å². The van der Waals surface area contributed by atoms with Crippen LogP contribution < -0.4 is 9.47 Å². The van der Waals surface area contributed by atoms with Crippen LogP contribution in [0, 0.1) is 6.92 Å². The van der Waals surface area contributed by atoms with Crippen LogP contribution in [0.25, 0.3) is 0 Å². The number of benzene rings is 1. The van der Waals surface area contributed by atoms with E-state index < -0.39 is 5.97 Å². The summed E-state index contributed by atoms with van der Waals surface area (Å²) < 4.78 is 14.8. The number of methoxy groups -OCH3 is 1. The molecule has 0 saturated heterocycles. The summed E-state index contributed by atoms with van der Waals surface area (Å²) in [5.74, 6) is 0.936. The Hall–Kier alpha value is -2.30. The Morgan fingerprint density at radius 2 is 2.00 bits per heavy atom. The molecule has 5 heteroatoms. The first-order valence-electron chi connectivity index (χ1n) is 4.98. The van der Waals surface area contributed by atoms with Gasteiger partial charge in [0, 0.05) is 6.07 Å². The predicted octanol–water partition coefficient (Wildman–Crippen LogP) is 2.21. The van der Waals surface area contributed by atoms with E-state index in [0.717, 1.165) is 0 Å². The largest absolute Gasteiger partial charge is 0.497 e. The van der Waals surface area contributed by atoms with E-state index in [0.29, 0.717) is 17.1 Å². The van der Waals surface area contributed by atoms with Crippen molar-refractivity contribution in [1.29, 1.82) is 0 Å². The molecule has 0 N–H and O–H groups in total. The van der Waals surface area contributed by atoms with Gasteiger partial charge in [0.25, 0.3) is 5.88 Å². The van der Waals surface area contributed by atoms with Crippen molar-refractivity contribution in [1.82, 2.24) is 5.16 Å². The van der Waals surface area contributed by atoms with Crippen molar-refractivity contribution >= 4 is 5.97 Å². The number of ether oxygens (including phenoxy) is 2. The molecule has 0 aliphatic rings. The Labute approximate surface area is 97.9 Å². The maximum absolute atomic E-state index is 11.7. The van der Waals surface area contributed by atoms with Gasteiger partial charge >= 0.3 is 5.97 Å². The van der Waals surface area contributed by atoms with E-state index in [1.54, 1.807) is 44.4 Å². The fourth-order valence-electron chi connectivity index (χ4n) is 1.27. The van der Waals surface area contributed by atoms with Crippen LogP contribution in [0.15, 0.2) is 34.9 Å². The number of nitrogens with zero attached hydrogens (tertiary/aromatic N) is 1. The highest BCUT2D eigenvalue weighted by Gasteiger charge is 2.11. The molecule has 1 aromatic heterocycles. The minimum Gasteiger partial charge on any atom is -0.497 e. The molecule has 88 valence electrons. The Morgan fingerprint density at radius 3 is 2.53 bits per heavy atom. The van der Waals surface area contributed by atoms with Gasteiger partial charge in [0.15, 0.2) is 0 Å². The van der Waals surface area contributed by atoms with E-state index in [1.165, 1.54) is 0 Å². The highest BCUT2D eigenvalue weighted by atomic mass is 16.6. The van der Waals surface area contributed by atoms with Gasteiger partial charge in [-0.25, -0.2) is 4.79 Å². The number of carbonyl (C=O) groups excluding carboxylic acids is 1. The van der Waals surface area contributed by atoms with Gasteiger partial charge in [-0.3, -0.25) is 0 Å². The monoisotopic (exact) mass is 233 g/mol. The normalized spacial score (nSPS) is 10.0. The molecule has 2 aromatic rings. The van der Waals surface area contributed by atoms with E-state index in [2.05, 4.69) is 5.16 Å². The second-order valence-electron chi connectivity index (χ2n) is 3.39. The standard InChI is InChI=1S/C12H11NO4/c1-8-7-11(13-17-8)16-12(14)9-3-5-10(15-2)6-4-9/h3-7H,1-2H3. The smallest absolute Gasteiger partial charge is 0.344 e. The van der Waals surface area contributed by atoms with E-state index in [9.17, 15) is 4.79 Å². The number of rotatable bonds is 3. The molecule has 0 spiro atoms. The molecule has 0 fully saturated rings. The fraction of sp³-hybridized carbons (Fsp3) is 0.167. The molecule has 0 aliphatic heterocycles. The summed E-state index contributed by atoms with van der Waals surface area (Å²) in [5, 5.41) is 3.57. The molecule has 0 saturated carbocycles. The van der Waals surface area contributed by atoms with Crippen molar-refractivity contribution in [2.45, 2.75) is 6.92 Å². The Kier molecular flexibility index (Phi) is 3.09. The average molecular weight is 233 g/mol. The van der Waals surface area contributed by atoms with Crippen molar-refractivity contribution in [3.05, 3.63) is 41.7 Å².